The van der Waals surface area contributed by atoms with Gasteiger partial charge in [0.1, 0.15) is 0 Å². The molecule has 1 heterocycles. The first-order chi connectivity index (χ1) is 8.00. The lowest BCUT2D eigenvalue weighted by Crippen LogP contribution is -2.46. The number of piperidine rings is 1. The molecule has 96 valence electrons. The van der Waals surface area contributed by atoms with E-state index in [2.05, 4.69) is 6.92 Å². The van der Waals surface area contributed by atoms with Crippen LogP contribution < -0.4 is 0 Å². The molecule has 1 aliphatic heterocycles. The molecular weight excluding hydrogens is 218 g/mol. The van der Waals surface area contributed by atoms with E-state index in [0.717, 1.165) is 6.42 Å². The van der Waals surface area contributed by atoms with Crippen molar-refractivity contribution in [2.75, 3.05) is 13.1 Å². The van der Waals surface area contributed by atoms with E-state index in [1.807, 2.05) is 11.8 Å². The molecule has 2 aliphatic rings. The predicted octanol–water partition coefficient (Wildman–Crippen LogP) is 1.75. The minimum Gasteiger partial charge on any atom is -0.481 e. The molecule has 1 saturated carbocycles. The molecule has 4 nitrogen and oxygen atoms in total. The maximum absolute atomic E-state index is 12.0. The average Bonchev–Trinajstić information content (AvgIpc) is 3.05. The van der Waals surface area contributed by atoms with Crippen LogP contribution in [-0.2, 0) is 9.59 Å². The highest BCUT2D eigenvalue weighted by Gasteiger charge is 2.45. The van der Waals surface area contributed by atoms with Crippen molar-refractivity contribution >= 4 is 11.9 Å². The minimum absolute atomic E-state index is 0.217. The van der Waals surface area contributed by atoms with Crippen LogP contribution in [-0.4, -0.2) is 35.0 Å². The monoisotopic (exact) mass is 239 g/mol. The number of likely N-dealkylation sites (tertiary alicyclic amines) is 1. The van der Waals surface area contributed by atoms with E-state index in [1.165, 1.54) is 0 Å². The van der Waals surface area contributed by atoms with Crippen LogP contribution in [0.15, 0.2) is 0 Å². The summed E-state index contributed by atoms with van der Waals surface area (Å²) < 4.78 is 0. The first-order valence-corrected chi connectivity index (χ1v) is 6.52. The van der Waals surface area contributed by atoms with Crippen LogP contribution in [0.1, 0.15) is 39.5 Å². The molecule has 0 bridgehead atoms. The molecule has 0 aromatic rings. The van der Waals surface area contributed by atoms with Crippen molar-refractivity contribution in [3.05, 3.63) is 0 Å². The second kappa shape index (κ2) is 4.31. The average molecular weight is 239 g/mol. The largest absolute Gasteiger partial charge is 0.481 e. The first kappa shape index (κ1) is 12.4. The van der Waals surface area contributed by atoms with Gasteiger partial charge in [-0.2, -0.15) is 0 Å². The molecule has 0 radical (unpaired) electrons. The van der Waals surface area contributed by atoms with Crippen LogP contribution in [0.25, 0.3) is 0 Å². The van der Waals surface area contributed by atoms with E-state index in [-0.39, 0.29) is 11.8 Å². The molecule has 2 rings (SSSR count). The number of carboxylic acids is 1. The normalized spacial score (nSPS) is 31.1. The summed E-state index contributed by atoms with van der Waals surface area (Å²) in [4.78, 5) is 25.2. The Labute approximate surface area is 102 Å². The third kappa shape index (κ3) is 2.17. The minimum atomic E-state index is -0.702. The van der Waals surface area contributed by atoms with Crippen LogP contribution >= 0.6 is 0 Å². The lowest BCUT2D eigenvalue weighted by molar-refractivity contribution is -0.154. The zero-order chi connectivity index (χ0) is 12.6. The van der Waals surface area contributed by atoms with E-state index in [1.54, 1.807) is 0 Å². The summed E-state index contributed by atoms with van der Waals surface area (Å²) in [6.07, 6.45) is 2.87. The Balaban J connectivity index is 1.93. The maximum atomic E-state index is 12.0. The SMILES string of the molecule is CCC1(C(=O)O)CCN(C(=O)C2CC2C)CC1. The number of hydrogen-bond donors (Lipinski definition) is 1. The van der Waals surface area contributed by atoms with Gasteiger partial charge in [0.25, 0.3) is 0 Å². The molecule has 0 spiro atoms. The molecule has 1 saturated heterocycles. The summed E-state index contributed by atoms with van der Waals surface area (Å²) in [7, 11) is 0. The van der Waals surface area contributed by atoms with Gasteiger partial charge in [-0.3, -0.25) is 9.59 Å². The van der Waals surface area contributed by atoms with Gasteiger partial charge in [0.05, 0.1) is 5.41 Å². The third-order valence-corrected chi connectivity index (χ3v) is 4.59. The molecular formula is C13H21NO3. The number of aliphatic carboxylic acids is 1. The number of carbonyl (C=O) groups is 2. The summed E-state index contributed by atoms with van der Waals surface area (Å²) >= 11 is 0. The van der Waals surface area contributed by atoms with Gasteiger partial charge in [0.2, 0.25) is 5.91 Å². The van der Waals surface area contributed by atoms with Gasteiger partial charge in [-0.25, -0.2) is 0 Å². The second-order valence-electron chi connectivity index (χ2n) is 5.58. The Morgan fingerprint density at radius 1 is 1.35 bits per heavy atom. The van der Waals surface area contributed by atoms with E-state index in [4.69, 9.17) is 0 Å². The first-order valence-electron chi connectivity index (χ1n) is 6.52. The van der Waals surface area contributed by atoms with Crippen LogP contribution in [0.2, 0.25) is 0 Å². The highest BCUT2D eigenvalue weighted by atomic mass is 16.4. The van der Waals surface area contributed by atoms with Crippen molar-refractivity contribution in [1.82, 2.24) is 4.90 Å². The third-order valence-electron chi connectivity index (χ3n) is 4.59. The van der Waals surface area contributed by atoms with Gasteiger partial charge in [0.15, 0.2) is 0 Å². The topological polar surface area (TPSA) is 57.6 Å². The second-order valence-corrected chi connectivity index (χ2v) is 5.58. The van der Waals surface area contributed by atoms with E-state index in [9.17, 15) is 14.7 Å². The molecule has 1 N–H and O–H groups in total. The number of carboxylic acid groups (broad SMARTS) is 1. The summed E-state index contributed by atoms with van der Waals surface area (Å²) in [5, 5.41) is 9.27. The predicted molar refractivity (Wildman–Crippen MR) is 63.4 cm³/mol. The lowest BCUT2D eigenvalue weighted by Gasteiger charge is -2.38. The fourth-order valence-corrected chi connectivity index (χ4v) is 2.77. The summed E-state index contributed by atoms with van der Waals surface area (Å²) in [6.45, 7) is 5.25. The number of nitrogens with zero attached hydrogens (tertiary/aromatic N) is 1. The molecule has 2 atom stereocenters. The molecule has 0 aromatic carbocycles. The van der Waals surface area contributed by atoms with Crippen molar-refractivity contribution in [2.45, 2.75) is 39.5 Å². The van der Waals surface area contributed by atoms with Gasteiger partial charge in [-0.05, 0) is 31.6 Å². The fourth-order valence-electron chi connectivity index (χ4n) is 2.77. The van der Waals surface area contributed by atoms with Crippen LogP contribution in [0, 0.1) is 17.3 Å². The highest BCUT2D eigenvalue weighted by Crippen LogP contribution is 2.41. The van der Waals surface area contributed by atoms with E-state index >= 15 is 0 Å². The smallest absolute Gasteiger partial charge is 0.309 e. The molecule has 2 unspecified atom stereocenters. The highest BCUT2D eigenvalue weighted by molar-refractivity contribution is 5.82. The Morgan fingerprint density at radius 2 is 1.88 bits per heavy atom. The molecule has 4 heteroatoms. The number of hydrogen-bond acceptors (Lipinski definition) is 2. The van der Waals surface area contributed by atoms with Crippen molar-refractivity contribution in [1.29, 1.82) is 0 Å². The Kier molecular flexibility index (Phi) is 3.15. The van der Waals surface area contributed by atoms with Crippen LogP contribution in [0.4, 0.5) is 0 Å². The molecule has 0 aromatic heterocycles. The van der Waals surface area contributed by atoms with Crippen molar-refractivity contribution in [2.24, 2.45) is 17.3 Å². The Morgan fingerprint density at radius 3 is 2.24 bits per heavy atom. The number of carbonyl (C=O) groups excluding carboxylic acids is 1. The van der Waals surface area contributed by atoms with Gasteiger partial charge < -0.3 is 10.0 Å². The standard InChI is InChI=1S/C13H21NO3/c1-3-13(12(16)17)4-6-14(7-5-13)11(15)10-8-9(10)2/h9-10H,3-8H2,1-2H3,(H,16,17). The quantitative estimate of drug-likeness (QED) is 0.816. The van der Waals surface area contributed by atoms with Crippen molar-refractivity contribution in [3.63, 3.8) is 0 Å². The molecule has 1 aliphatic carbocycles. The molecule has 17 heavy (non-hydrogen) atoms. The van der Waals surface area contributed by atoms with Gasteiger partial charge in [-0.15, -0.1) is 0 Å². The Bertz CT molecular complexity index is 332. The Hall–Kier alpha value is -1.06. The summed E-state index contributed by atoms with van der Waals surface area (Å²) in [5.41, 5.74) is -0.591. The molecule has 1 amide bonds. The zero-order valence-corrected chi connectivity index (χ0v) is 10.6. The van der Waals surface area contributed by atoms with Crippen molar-refractivity contribution in [3.8, 4) is 0 Å². The number of amides is 1. The van der Waals surface area contributed by atoms with Gasteiger partial charge in [-0.1, -0.05) is 13.8 Å². The fraction of sp³-hybridized carbons (Fsp3) is 0.846. The van der Waals surface area contributed by atoms with Crippen molar-refractivity contribution < 1.29 is 14.7 Å². The lowest BCUT2D eigenvalue weighted by atomic mass is 9.76. The summed E-state index contributed by atoms with van der Waals surface area (Å²) in [5.74, 6) is 0.285. The molecule has 2 fully saturated rings. The maximum Gasteiger partial charge on any atom is 0.309 e. The van der Waals surface area contributed by atoms with Gasteiger partial charge >= 0.3 is 5.97 Å². The van der Waals surface area contributed by atoms with E-state index in [0.29, 0.717) is 38.3 Å². The van der Waals surface area contributed by atoms with Gasteiger partial charge in [0, 0.05) is 19.0 Å². The van der Waals surface area contributed by atoms with E-state index < -0.39 is 11.4 Å². The summed E-state index contributed by atoms with van der Waals surface area (Å²) in [6, 6.07) is 0. The zero-order valence-electron chi connectivity index (χ0n) is 10.6. The number of rotatable bonds is 3. The van der Waals surface area contributed by atoms with Crippen LogP contribution in [0.3, 0.4) is 0 Å². The van der Waals surface area contributed by atoms with Crippen LogP contribution in [0.5, 0.6) is 0 Å².